The molecule has 0 aliphatic carbocycles. The second-order valence-corrected chi connectivity index (χ2v) is 8.30. The van der Waals surface area contributed by atoms with E-state index in [-0.39, 0.29) is 23.2 Å². The maximum atomic E-state index is 13.9. The number of fused-ring (bicyclic) bond motifs is 1. The fraction of sp³-hybridized carbons (Fsp3) is 0.435. The van der Waals surface area contributed by atoms with E-state index >= 15 is 0 Å². The van der Waals surface area contributed by atoms with Crippen molar-refractivity contribution in [2.24, 2.45) is 0 Å². The summed E-state index contributed by atoms with van der Waals surface area (Å²) in [6.45, 7) is 7.53. The molecule has 4 rings (SSSR count). The zero-order chi connectivity index (χ0) is 21.3. The first-order valence-corrected chi connectivity index (χ1v) is 10.4. The Morgan fingerprint density at radius 2 is 2.07 bits per heavy atom. The molecule has 7 heteroatoms. The molecule has 1 N–H and O–H groups in total. The first kappa shape index (κ1) is 20.5. The molecule has 30 heavy (non-hydrogen) atoms. The fourth-order valence-electron chi connectivity index (χ4n) is 4.17. The van der Waals surface area contributed by atoms with Gasteiger partial charge in [-0.3, -0.25) is 4.79 Å². The number of rotatable bonds is 5. The summed E-state index contributed by atoms with van der Waals surface area (Å²) in [5.74, 6) is -0.446. The van der Waals surface area contributed by atoms with Gasteiger partial charge in [-0.15, -0.1) is 0 Å². The molecule has 158 valence electrons. The Balaban J connectivity index is 1.59. The summed E-state index contributed by atoms with van der Waals surface area (Å²) in [7, 11) is 0. The number of carbonyl (C=O) groups excluding carboxylic acids is 1. The van der Waals surface area contributed by atoms with Crippen molar-refractivity contribution in [3.05, 3.63) is 59.2 Å². The van der Waals surface area contributed by atoms with E-state index < -0.39 is 0 Å². The third-order valence-electron chi connectivity index (χ3n) is 5.97. The Kier molecular flexibility index (Phi) is 5.56. The summed E-state index contributed by atoms with van der Waals surface area (Å²) in [6.07, 6.45) is 3.20. The average Bonchev–Trinajstić information content (AvgIpc) is 3.15. The van der Waals surface area contributed by atoms with Crippen molar-refractivity contribution in [1.29, 1.82) is 0 Å². The predicted octanol–water partition coefficient (Wildman–Crippen LogP) is 3.94. The van der Waals surface area contributed by atoms with Crippen LogP contribution >= 0.6 is 0 Å². The highest BCUT2D eigenvalue weighted by molar-refractivity contribution is 5.98. The van der Waals surface area contributed by atoms with Gasteiger partial charge in [0, 0.05) is 36.6 Å². The third kappa shape index (κ3) is 3.81. The van der Waals surface area contributed by atoms with E-state index in [0.29, 0.717) is 31.0 Å². The quantitative estimate of drug-likeness (QED) is 0.692. The maximum Gasteiger partial charge on any atom is 0.253 e. The molecule has 1 aliphatic rings. The van der Waals surface area contributed by atoms with Crippen LogP contribution in [0.5, 0.6) is 0 Å². The van der Waals surface area contributed by atoms with Crippen LogP contribution in [0, 0.1) is 12.7 Å². The number of nitrogens with one attached hydrogen (secondary N) is 1. The highest BCUT2D eigenvalue weighted by atomic mass is 19.1. The van der Waals surface area contributed by atoms with Gasteiger partial charge in [0.2, 0.25) is 0 Å². The Morgan fingerprint density at radius 1 is 1.30 bits per heavy atom. The van der Waals surface area contributed by atoms with Gasteiger partial charge < -0.3 is 10.1 Å². The molecule has 0 bridgehead atoms. The molecular weight excluding hydrogens is 383 g/mol. The number of aryl methyl sites for hydroxylation is 1. The second kappa shape index (κ2) is 8.14. The SMILES string of the molecule is Cc1nc2c(cnn2C(C)C)cc1C(=O)NCC1(c2cccc(F)c2)CCOCC1. The first-order valence-electron chi connectivity index (χ1n) is 10.4. The van der Waals surface area contributed by atoms with Crippen LogP contribution in [0.15, 0.2) is 36.5 Å². The molecule has 1 saturated heterocycles. The van der Waals surface area contributed by atoms with Gasteiger partial charge in [-0.2, -0.15) is 5.10 Å². The highest BCUT2D eigenvalue weighted by Gasteiger charge is 2.35. The number of halogens is 1. The van der Waals surface area contributed by atoms with Gasteiger partial charge in [-0.1, -0.05) is 12.1 Å². The van der Waals surface area contributed by atoms with Crippen molar-refractivity contribution in [2.45, 2.75) is 45.1 Å². The molecule has 3 aromatic rings. The van der Waals surface area contributed by atoms with Crippen LogP contribution in [0.25, 0.3) is 11.0 Å². The number of aromatic nitrogens is 3. The van der Waals surface area contributed by atoms with Gasteiger partial charge in [0.05, 0.1) is 17.5 Å². The standard InChI is InChI=1S/C23H27FN4O2/c1-15(2)28-21-17(13-26-28)11-20(16(3)27-21)22(29)25-14-23(7-9-30-10-8-23)18-5-4-6-19(24)12-18/h4-6,11-13,15H,7-10,14H2,1-3H3,(H,25,29). The van der Waals surface area contributed by atoms with Crippen molar-refractivity contribution in [2.75, 3.05) is 19.8 Å². The Labute approximate surface area is 175 Å². The van der Waals surface area contributed by atoms with Gasteiger partial charge in [-0.05, 0) is 57.4 Å². The molecule has 0 spiro atoms. The van der Waals surface area contributed by atoms with Gasteiger partial charge >= 0.3 is 0 Å². The molecule has 0 saturated carbocycles. The van der Waals surface area contributed by atoms with E-state index in [1.165, 1.54) is 6.07 Å². The Hall–Kier alpha value is -2.80. The Morgan fingerprint density at radius 3 is 2.77 bits per heavy atom. The molecule has 0 unspecified atom stereocenters. The van der Waals surface area contributed by atoms with Crippen molar-refractivity contribution in [3.63, 3.8) is 0 Å². The Bertz CT molecular complexity index is 1070. The van der Waals surface area contributed by atoms with E-state index in [0.717, 1.165) is 29.4 Å². The predicted molar refractivity (Wildman–Crippen MR) is 113 cm³/mol. The number of carbonyl (C=O) groups is 1. The zero-order valence-corrected chi connectivity index (χ0v) is 17.6. The molecule has 1 aliphatic heterocycles. The zero-order valence-electron chi connectivity index (χ0n) is 17.6. The highest BCUT2D eigenvalue weighted by Crippen LogP contribution is 2.34. The van der Waals surface area contributed by atoms with E-state index in [4.69, 9.17) is 4.74 Å². The molecule has 2 aromatic heterocycles. The summed E-state index contributed by atoms with van der Waals surface area (Å²) in [6, 6.07) is 8.69. The summed E-state index contributed by atoms with van der Waals surface area (Å²) >= 11 is 0. The minimum Gasteiger partial charge on any atom is -0.381 e. The van der Waals surface area contributed by atoms with Crippen LogP contribution in [0.1, 0.15) is 54.3 Å². The van der Waals surface area contributed by atoms with Gasteiger partial charge in [0.1, 0.15) is 5.82 Å². The van der Waals surface area contributed by atoms with Gasteiger partial charge in [0.15, 0.2) is 5.65 Å². The summed E-state index contributed by atoms with van der Waals surface area (Å²) in [5.41, 5.74) is 2.53. The van der Waals surface area contributed by atoms with Crippen LogP contribution < -0.4 is 5.32 Å². The average molecular weight is 410 g/mol. The number of ether oxygens (including phenoxy) is 1. The van der Waals surface area contributed by atoms with E-state index in [2.05, 4.69) is 15.4 Å². The lowest BCUT2D eigenvalue weighted by Crippen LogP contribution is -2.44. The van der Waals surface area contributed by atoms with Crippen LogP contribution in [-0.2, 0) is 10.2 Å². The van der Waals surface area contributed by atoms with Gasteiger partial charge in [0.25, 0.3) is 5.91 Å². The van der Waals surface area contributed by atoms with Crippen LogP contribution in [0.4, 0.5) is 4.39 Å². The molecule has 1 fully saturated rings. The number of hydrogen-bond acceptors (Lipinski definition) is 4. The van der Waals surface area contributed by atoms with Crippen molar-refractivity contribution < 1.29 is 13.9 Å². The van der Waals surface area contributed by atoms with Crippen LogP contribution in [-0.4, -0.2) is 40.4 Å². The molecule has 6 nitrogen and oxygen atoms in total. The van der Waals surface area contributed by atoms with Crippen molar-refractivity contribution >= 4 is 16.9 Å². The summed E-state index contributed by atoms with van der Waals surface area (Å²) in [5, 5.41) is 8.30. The third-order valence-corrected chi connectivity index (χ3v) is 5.97. The minimum atomic E-state index is -0.343. The van der Waals surface area contributed by atoms with E-state index in [9.17, 15) is 9.18 Å². The maximum absolute atomic E-state index is 13.9. The van der Waals surface area contributed by atoms with Crippen molar-refractivity contribution in [3.8, 4) is 0 Å². The van der Waals surface area contributed by atoms with Gasteiger partial charge in [-0.25, -0.2) is 14.1 Å². The largest absolute Gasteiger partial charge is 0.381 e. The topological polar surface area (TPSA) is 69.0 Å². The lowest BCUT2D eigenvalue weighted by molar-refractivity contribution is 0.0486. The number of benzene rings is 1. The normalized spacial score (nSPS) is 16.2. The molecule has 1 aromatic carbocycles. The summed E-state index contributed by atoms with van der Waals surface area (Å²) < 4.78 is 21.3. The molecule has 0 atom stereocenters. The molecule has 0 radical (unpaired) electrons. The van der Waals surface area contributed by atoms with E-state index in [1.807, 2.05) is 37.6 Å². The first-order chi connectivity index (χ1) is 14.4. The molecule has 3 heterocycles. The lowest BCUT2D eigenvalue weighted by atomic mass is 9.74. The van der Waals surface area contributed by atoms with Crippen molar-refractivity contribution in [1.82, 2.24) is 20.1 Å². The monoisotopic (exact) mass is 410 g/mol. The number of nitrogens with zero attached hydrogens (tertiary/aromatic N) is 3. The minimum absolute atomic E-state index is 0.179. The second-order valence-electron chi connectivity index (χ2n) is 8.30. The fourth-order valence-corrected chi connectivity index (χ4v) is 4.17. The number of hydrogen-bond donors (Lipinski definition) is 1. The smallest absolute Gasteiger partial charge is 0.253 e. The molecular formula is C23H27FN4O2. The number of pyridine rings is 1. The number of amides is 1. The lowest BCUT2D eigenvalue weighted by Gasteiger charge is -2.38. The van der Waals surface area contributed by atoms with Crippen LogP contribution in [0.3, 0.4) is 0 Å². The molecule has 1 amide bonds. The van der Waals surface area contributed by atoms with E-state index in [1.54, 1.807) is 18.3 Å². The van der Waals surface area contributed by atoms with Crippen LogP contribution in [0.2, 0.25) is 0 Å². The summed E-state index contributed by atoms with van der Waals surface area (Å²) in [4.78, 5) is 17.7.